The van der Waals surface area contributed by atoms with Gasteiger partial charge in [-0.25, -0.2) is 4.98 Å². The van der Waals surface area contributed by atoms with Gasteiger partial charge in [0, 0.05) is 28.0 Å². The monoisotopic (exact) mass is 390 g/mol. The van der Waals surface area contributed by atoms with Crippen molar-refractivity contribution in [2.24, 2.45) is 0 Å². The Hall–Kier alpha value is -2.09. The zero-order valence-corrected chi connectivity index (χ0v) is 15.7. The summed E-state index contributed by atoms with van der Waals surface area (Å²) in [5, 5.41) is 6.44. The number of carbonyl (C=O) groups is 1. The first-order chi connectivity index (χ1) is 12.7. The number of halogens is 1. The number of nitrogens with zero attached hydrogens (tertiary/aromatic N) is 2. The Morgan fingerprint density at radius 1 is 1.38 bits per heavy atom. The number of hydrogen-bond donors (Lipinski definition) is 2. The van der Waals surface area contributed by atoms with E-state index in [1.54, 1.807) is 5.51 Å². The number of H-pyrrole nitrogens is 1. The highest BCUT2D eigenvalue weighted by Gasteiger charge is 2.17. The molecule has 3 aromatic rings. The molecule has 0 aliphatic carbocycles. The Balaban J connectivity index is 1.40. The minimum atomic E-state index is 0.0497. The van der Waals surface area contributed by atoms with Crippen LogP contribution in [0, 0.1) is 0 Å². The molecule has 0 spiro atoms. The molecule has 4 rings (SSSR count). The van der Waals surface area contributed by atoms with E-state index >= 15 is 0 Å². The first-order valence-corrected chi connectivity index (χ1v) is 9.79. The summed E-state index contributed by atoms with van der Waals surface area (Å²) in [7, 11) is 0. The molecule has 0 unspecified atom stereocenters. The molecule has 2 N–H and O–H groups in total. The van der Waals surface area contributed by atoms with Crippen LogP contribution in [0.25, 0.3) is 10.9 Å². The van der Waals surface area contributed by atoms with Crippen molar-refractivity contribution in [3.63, 3.8) is 0 Å². The van der Waals surface area contributed by atoms with Crippen molar-refractivity contribution in [1.29, 1.82) is 0 Å². The van der Waals surface area contributed by atoms with Crippen LogP contribution in [0.2, 0.25) is 5.02 Å². The zero-order valence-electron chi connectivity index (χ0n) is 14.1. The van der Waals surface area contributed by atoms with E-state index in [-0.39, 0.29) is 5.91 Å². The lowest BCUT2D eigenvalue weighted by atomic mass is 10.2. The van der Waals surface area contributed by atoms with Crippen molar-refractivity contribution in [1.82, 2.24) is 20.2 Å². The van der Waals surface area contributed by atoms with Crippen LogP contribution in [0.5, 0.6) is 5.75 Å². The number of amides is 1. The Labute approximate surface area is 160 Å². The number of carbonyl (C=O) groups excluding carboxylic acids is 1. The Morgan fingerprint density at radius 3 is 3.00 bits per heavy atom. The fourth-order valence-electron chi connectivity index (χ4n) is 2.85. The van der Waals surface area contributed by atoms with Crippen molar-refractivity contribution in [2.45, 2.75) is 19.6 Å². The fraction of sp³-hybridized carbons (Fsp3) is 0.333. The van der Waals surface area contributed by atoms with Gasteiger partial charge >= 0.3 is 0 Å². The van der Waals surface area contributed by atoms with E-state index < -0.39 is 0 Å². The summed E-state index contributed by atoms with van der Waals surface area (Å²) in [6.45, 7) is 3.35. The van der Waals surface area contributed by atoms with Crippen molar-refractivity contribution in [3.8, 4) is 5.75 Å². The first-order valence-electron chi connectivity index (χ1n) is 8.47. The second kappa shape index (κ2) is 7.65. The third-order valence-electron chi connectivity index (χ3n) is 4.38. The smallest absolute Gasteiger partial charge is 0.234 e. The van der Waals surface area contributed by atoms with Crippen LogP contribution in [0.4, 0.5) is 0 Å². The number of rotatable bonds is 7. The van der Waals surface area contributed by atoms with Crippen LogP contribution in [0.1, 0.15) is 17.8 Å². The van der Waals surface area contributed by atoms with Gasteiger partial charge in [-0.2, -0.15) is 0 Å². The predicted octanol–water partition coefficient (Wildman–Crippen LogP) is 3.18. The van der Waals surface area contributed by atoms with E-state index in [0.717, 1.165) is 35.4 Å². The molecule has 0 saturated carbocycles. The van der Waals surface area contributed by atoms with Crippen LogP contribution < -0.4 is 10.1 Å². The summed E-state index contributed by atoms with van der Waals surface area (Å²) < 4.78 is 5.78. The van der Waals surface area contributed by atoms with E-state index in [4.69, 9.17) is 16.3 Å². The maximum absolute atomic E-state index is 11.9. The lowest BCUT2D eigenvalue weighted by Crippen LogP contribution is -2.44. The standard InChI is InChI=1S/C18H19ClN4O2S/c19-15-5-12-4-13(7-20-18(24)8-23-2-1-3-23)22-16(12)6-17(15)25-9-14-10-26-11-21-14/h4-6,10-11,22H,1-3,7-9H2,(H,20,24). The third-order valence-corrected chi connectivity index (χ3v) is 5.31. The number of aromatic amines is 1. The first kappa shape index (κ1) is 17.3. The Morgan fingerprint density at radius 2 is 2.27 bits per heavy atom. The minimum Gasteiger partial charge on any atom is -0.486 e. The summed E-state index contributed by atoms with van der Waals surface area (Å²) in [5.41, 5.74) is 4.51. The van der Waals surface area contributed by atoms with Gasteiger partial charge in [-0.15, -0.1) is 11.3 Å². The number of nitrogens with one attached hydrogen (secondary N) is 2. The molecule has 3 heterocycles. The molecular formula is C18H19ClN4O2S. The summed E-state index contributed by atoms with van der Waals surface area (Å²) in [6.07, 6.45) is 1.18. The number of benzene rings is 1. The summed E-state index contributed by atoms with van der Waals surface area (Å²) >= 11 is 7.86. The minimum absolute atomic E-state index is 0.0497. The summed E-state index contributed by atoms with van der Waals surface area (Å²) in [4.78, 5) is 21.6. The molecule has 1 aliphatic heterocycles. The molecule has 1 saturated heterocycles. The summed E-state index contributed by atoms with van der Waals surface area (Å²) in [6, 6.07) is 5.75. The molecule has 1 fully saturated rings. The van der Waals surface area contributed by atoms with Gasteiger partial charge in [0.25, 0.3) is 0 Å². The number of fused-ring (bicyclic) bond motifs is 1. The van der Waals surface area contributed by atoms with Crippen molar-refractivity contribution in [2.75, 3.05) is 19.6 Å². The largest absolute Gasteiger partial charge is 0.486 e. The topological polar surface area (TPSA) is 70.2 Å². The van der Waals surface area contributed by atoms with Crippen LogP contribution in [0.15, 0.2) is 29.1 Å². The van der Waals surface area contributed by atoms with Crippen molar-refractivity contribution >= 4 is 39.7 Å². The maximum Gasteiger partial charge on any atom is 0.234 e. The highest BCUT2D eigenvalue weighted by Crippen LogP contribution is 2.31. The van der Waals surface area contributed by atoms with Gasteiger partial charge in [-0.3, -0.25) is 9.69 Å². The maximum atomic E-state index is 11.9. The van der Waals surface area contributed by atoms with Crippen molar-refractivity contribution < 1.29 is 9.53 Å². The normalized spacial score (nSPS) is 14.3. The number of hydrogen-bond acceptors (Lipinski definition) is 5. The van der Waals surface area contributed by atoms with Gasteiger partial charge in [0.2, 0.25) is 5.91 Å². The van der Waals surface area contributed by atoms with Crippen molar-refractivity contribution in [3.05, 3.63) is 45.5 Å². The lowest BCUT2D eigenvalue weighted by Gasteiger charge is -2.29. The molecule has 136 valence electrons. The molecule has 26 heavy (non-hydrogen) atoms. The molecule has 0 radical (unpaired) electrons. The van der Waals surface area contributed by atoms with Gasteiger partial charge in [0.15, 0.2) is 0 Å². The average molecular weight is 391 g/mol. The second-order valence-corrected chi connectivity index (χ2v) is 7.47. The Kier molecular flexibility index (Phi) is 5.10. The number of likely N-dealkylation sites (tertiary alicyclic amines) is 1. The van der Waals surface area contributed by atoms with Gasteiger partial charge in [-0.1, -0.05) is 11.6 Å². The number of aromatic nitrogens is 2. The molecule has 1 aliphatic rings. The fourth-order valence-corrected chi connectivity index (χ4v) is 3.62. The number of ether oxygens (including phenoxy) is 1. The molecule has 1 aromatic carbocycles. The summed E-state index contributed by atoms with van der Waals surface area (Å²) in [5.74, 6) is 0.663. The second-order valence-electron chi connectivity index (χ2n) is 6.34. The van der Waals surface area contributed by atoms with Crippen LogP contribution >= 0.6 is 22.9 Å². The van der Waals surface area contributed by atoms with E-state index in [1.165, 1.54) is 17.8 Å². The van der Waals surface area contributed by atoms with E-state index in [1.807, 2.05) is 23.6 Å². The van der Waals surface area contributed by atoms with Gasteiger partial charge in [0.1, 0.15) is 12.4 Å². The van der Waals surface area contributed by atoms with Crippen LogP contribution in [-0.2, 0) is 17.9 Å². The molecule has 0 bridgehead atoms. The molecule has 0 atom stereocenters. The lowest BCUT2D eigenvalue weighted by molar-refractivity contribution is -0.123. The molecular weight excluding hydrogens is 372 g/mol. The van der Waals surface area contributed by atoms with Gasteiger partial charge < -0.3 is 15.0 Å². The molecule has 2 aromatic heterocycles. The highest BCUT2D eigenvalue weighted by atomic mass is 35.5. The zero-order chi connectivity index (χ0) is 17.9. The Bertz CT molecular complexity index is 905. The average Bonchev–Trinajstić information content (AvgIpc) is 3.23. The van der Waals surface area contributed by atoms with Crippen LogP contribution in [-0.4, -0.2) is 40.4 Å². The predicted molar refractivity (Wildman–Crippen MR) is 103 cm³/mol. The highest BCUT2D eigenvalue weighted by molar-refractivity contribution is 7.07. The van der Waals surface area contributed by atoms with E-state index in [9.17, 15) is 4.79 Å². The van der Waals surface area contributed by atoms with E-state index in [0.29, 0.717) is 30.5 Å². The van der Waals surface area contributed by atoms with E-state index in [2.05, 4.69) is 20.2 Å². The third kappa shape index (κ3) is 4.00. The SMILES string of the molecule is O=C(CN1CCC1)NCc1cc2cc(Cl)c(OCc3cscn3)cc2[nH]1. The molecule has 6 nitrogen and oxygen atoms in total. The van der Waals surface area contributed by atoms with Gasteiger partial charge in [0.05, 0.1) is 29.3 Å². The molecule has 1 amide bonds. The number of thiazole rings is 1. The van der Waals surface area contributed by atoms with Gasteiger partial charge in [-0.05, 0) is 31.6 Å². The quantitative estimate of drug-likeness (QED) is 0.650. The van der Waals surface area contributed by atoms with Crippen LogP contribution in [0.3, 0.4) is 0 Å². The molecule has 8 heteroatoms.